The van der Waals surface area contributed by atoms with E-state index in [0.717, 1.165) is 6.54 Å². The van der Waals surface area contributed by atoms with Crippen LogP contribution in [0.3, 0.4) is 0 Å². The van der Waals surface area contributed by atoms with E-state index in [2.05, 4.69) is 24.1 Å². The summed E-state index contributed by atoms with van der Waals surface area (Å²) >= 11 is 0. The molecule has 0 spiro atoms. The minimum Gasteiger partial charge on any atom is -0.353 e. The summed E-state index contributed by atoms with van der Waals surface area (Å²) in [6.07, 6.45) is 0. The van der Waals surface area contributed by atoms with Gasteiger partial charge < -0.3 is 16.0 Å². The number of nitrogens with one attached hydrogen (secondary N) is 1. The van der Waals surface area contributed by atoms with Gasteiger partial charge in [-0.3, -0.25) is 4.79 Å². The molecule has 3 N–H and O–H groups in total. The van der Waals surface area contributed by atoms with Crippen LogP contribution in [0.25, 0.3) is 0 Å². The molecule has 0 saturated carbocycles. The largest absolute Gasteiger partial charge is 0.353 e. The summed E-state index contributed by atoms with van der Waals surface area (Å²) in [5.74, 6) is -0.102. The Kier molecular flexibility index (Phi) is 12.0. The fraction of sp³-hybridized carbons (Fsp3) is 0.900. The first-order valence-electron chi connectivity index (χ1n) is 5.02. The van der Waals surface area contributed by atoms with Crippen molar-refractivity contribution in [3.05, 3.63) is 0 Å². The summed E-state index contributed by atoms with van der Waals surface area (Å²) < 4.78 is 0. The minimum atomic E-state index is -0.781. The second-order valence-electron chi connectivity index (χ2n) is 4.55. The molecule has 0 aliphatic carbocycles. The lowest BCUT2D eigenvalue weighted by Gasteiger charge is -2.23. The quantitative estimate of drug-likeness (QED) is 0.787. The summed E-state index contributed by atoms with van der Waals surface area (Å²) in [6.45, 7) is 9.14. The smallest absolute Gasteiger partial charge is 0.239 e. The molecule has 0 aromatic rings. The third-order valence-corrected chi connectivity index (χ3v) is 2.22. The van der Waals surface area contributed by atoms with Crippen LogP contribution in [0.4, 0.5) is 0 Å². The summed E-state index contributed by atoms with van der Waals surface area (Å²) in [4.78, 5) is 13.5. The monoisotopic (exact) mass is 273 g/mol. The van der Waals surface area contributed by atoms with E-state index < -0.39 is 5.54 Å². The van der Waals surface area contributed by atoms with Gasteiger partial charge in [-0.2, -0.15) is 0 Å². The lowest BCUT2D eigenvalue weighted by atomic mass is 10.1. The maximum atomic E-state index is 11.4. The lowest BCUT2D eigenvalue weighted by molar-refractivity contribution is -0.125. The van der Waals surface area contributed by atoms with Crippen LogP contribution in [0, 0.1) is 0 Å². The van der Waals surface area contributed by atoms with Gasteiger partial charge in [0.05, 0.1) is 5.54 Å². The number of rotatable bonds is 5. The van der Waals surface area contributed by atoms with Gasteiger partial charge in [-0.15, -0.1) is 24.8 Å². The number of halogens is 2. The average Bonchev–Trinajstić information content (AvgIpc) is 2.01. The predicted octanol–water partition coefficient (Wildman–Crippen LogP) is 1.02. The molecule has 0 radical (unpaired) electrons. The first-order chi connectivity index (χ1) is 6.25. The van der Waals surface area contributed by atoms with Crippen molar-refractivity contribution in [2.75, 3.05) is 20.1 Å². The van der Waals surface area contributed by atoms with Crippen molar-refractivity contribution >= 4 is 30.7 Å². The Morgan fingerprint density at radius 3 is 2.12 bits per heavy atom. The highest BCUT2D eigenvalue weighted by Crippen LogP contribution is 1.96. The Hall–Kier alpha value is -0.0300. The number of hydrogen-bond acceptors (Lipinski definition) is 3. The van der Waals surface area contributed by atoms with Crippen molar-refractivity contribution < 1.29 is 4.79 Å². The zero-order chi connectivity index (χ0) is 11.4. The fourth-order valence-electron chi connectivity index (χ4n) is 0.832. The van der Waals surface area contributed by atoms with Gasteiger partial charge in [0.2, 0.25) is 5.91 Å². The van der Waals surface area contributed by atoms with Crippen LogP contribution in [-0.4, -0.2) is 42.5 Å². The van der Waals surface area contributed by atoms with Crippen molar-refractivity contribution in [2.24, 2.45) is 5.73 Å². The summed E-state index contributed by atoms with van der Waals surface area (Å²) in [7, 11) is 2.03. The molecule has 0 rings (SSSR count). The highest BCUT2D eigenvalue weighted by Gasteiger charge is 2.20. The Bertz CT molecular complexity index is 193. The van der Waals surface area contributed by atoms with Crippen LogP contribution in [0.5, 0.6) is 0 Å². The first kappa shape index (κ1) is 21.3. The van der Waals surface area contributed by atoms with Gasteiger partial charge in [0, 0.05) is 19.1 Å². The Labute approximate surface area is 111 Å². The molecule has 0 fully saturated rings. The zero-order valence-electron chi connectivity index (χ0n) is 10.7. The molecule has 0 unspecified atom stereocenters. The van der Waals surface area contributed by atoms with Gasteiger partial charge in [0.15, 0.2) is 0 Å². The number of hydrogen-bond donors (Lipinski definition) is 2. The first-order valence-corrected chi connectivity index (χ1v) is 5.02. The van der Waals surface area contributed by atoms with Crippen molar-refractivity contribution in [2.45, 2.75) is 39.3 Å². The number of amides is 1. The van der Waals surface area contributed by atoms with Crippen LogP contribution in [-0.2, 0) is 4.79 Å². The number of nitrogens with two attached hydrogens (primary N) is 1. The van der Waals surface area contributed by atoms with E-state index in [-0.39, 0.29) is 30.7 Å². The molecule has 6 heteroatoms. The number of carbonyl (C=O) groups excluding carboxylic acids is 1. The molecule has 0 aliphatic rings. The summed E-state index contributed by atoms with van der Waals surface area (Å²) in [6, 6.07) is 0.498. The van der Waals surface area contributed by atoms with Crippen molar-refractivity contribution in [1.82, 2.24) is 10.2 Å². The molecule has 0 aromatic heterocycles. The topological polar surface area (TPSA) is 58.4 Å². The molecule has 16 heavy (non-hydrogen) atoms. The number of nitrogens with zero attached hydrogens (tertiary/aromatic N) is 1. The SMILES string of the molecule is CC(C)N(C)CCNC(=O)C(C)(C)N.Cl.Cl. The highest BCUT2D eigenvalue weighted by molar-refractivity contribution is 5.85. The third-order valence-electron chi connectivity index (χ3n) is 2.22. The molecule has 0 aliphatic heterocycles. The molecule has 0 saturated heterocycles. The van der Waals surface area contributed by atoms with E-state index in [1.165, 1.54) is 0 Å². The zero-order valence-corrected chi connectivity index (χ0v) is 12.4. The van der Waals surface area contributed by atoms with Crippen molar-refractivity contribution in [1.29, 1.82) is 0 Å². The van der Waals surface area contributed by atoms with Crippen molar-refractivity contribution in [3.63, 3.8) is 0 Å². The van der Waals surface area contributed by atoms with Gasteiger partial charge in [0.1, 0.15) is 0 Å². The van der Waals surface area contributed by atoms with E-state index in [4.69, 9.17) is 5.73 Å². The van der Waals surface area contributed by atoms with Crippen LogP contribution in [0.2, 0.25) is 0 Å². The minimum absolute atomic E-state index is 0. The maximum Gasteiger partial charge on any atom is 0.239 e. The van der Waals surface area contributed by atoms with E-state index in [9.17, 15) is 4.79 Å². The summed E-state index contributed by atoms with van der Waals surface area (Å²) in [5.41, 5.74) is 4.85. The molecule has 1 amide bonds. The van der Waals surface area contributed by atoms with E-state index in [1.54, 1.807) is 13.8 Å². The van der Waals surface area contributed by atoms with E-state index >= 15 is 0 Å². The highest BCUT2D eigenvalue weighted by atomic mass is 35.5. The van der Waals surface area contributed by atoms with E-state index in [0.29, 0.717) is 12.6 Å². The fourth-order valence-corrected chi connectivity index (χ4v) is 0.832. The molecule has 0 atom stereocenters. The molecule has 4 nitrogen and oxygen atoms in total. The van der Waals surface area contributed by atoms with Crippen molar-refractivity contribution in [3.8, 4) is 0 Å². The average molecular weight is 274 g/mol. The number of likely N-dealkylation sites (N-methyl/N-ethyl adjacent to an activating group) is 1. The second kappa shape index (κ2) is 9.05. The molecule has 0 aromatic carbocycles. The van der Waals surface area contributed by atoms with Crippen LogP contribution in [0.15, 0.2) is 0 Å². The van der Waals surface area contributed by atoms with Gasteiger partial charge in [0.25, 0.3) is 0 Å². The van der Waals surface area contributed by atoms with Gasteiger partial charge in [-0.1, -0.05) is 0 Å². The normalized spacial score (nSPS) is 10.8. The molecule has 0 heterocycles. The van der Waals surface area contributed by atoms with Gasteiger partial charge in [-0.25, -0.2) is 0 Å². The Balaban J connectivity index is -0.000000845. The lowest BCUT2D eigenvalue weighted by Crippen LogP contribution is -2.50. The summed E-state index contributed by atoms with van der Waals surface area (Å²) in [5, 5.41) is 2.80. The third kappa shape index (κ3) is 9.21. The Morgan fingerprint density at radius 2 is 1.81 bits per heavy atom. The Morgan fingerprint density at radius 1 is 1.38 bits per heavy atom. The van der Waals surface area contributed by atoms with Crippen LogP contribution >= 0.6 is 24.8 Å². The van der Waals surface area contributed by atoms with Gasteiger partial charge >= 0.3 is 0 Å². The van der Waals surface area contributed by atoms with E-state index in [1.807, 2.05) is 7.05 Å². The molecule has 0 bridgehead atoms. The number of carbonyl (C=O) groups is 1. The standard InChI is InChI=1S/C10H23N3O.2ClH/c1-8(2)13(5)7-6-12-9(14)10(3,4)11;;/h8H,6-7,11H2,1-5H3,(H,12,14);2*1H. The van der Waals surface area contributed by atoms with Crippen LogP contribution in [0.1, 0.15) is 27.7 Å². The molecular weight excluding hydrogens is 249 g/mol. The maximum absolute atomic E-state index is 11.4. The second-order valence-corrected chi connectivity index (χ2v) is 4.55. The van der Waals surface area contributed by atoms with Gasteiger partial charge in [-0.05, 0) is 34.7 Å². The van der Waals surface area contributed by atoms with Crippen LogP contribution < -0.4 is 11.1 Å². The molecule has 100 valence electrons. The predicted molar refractivity (Wildman–Crippen MR) is 73.5 cm³/mol. The molecular formula is C10H25Cl2N3O.